The van der Waals surface area contributed by atoms with Gasteiger partial charge in [-0.1, -0.05) is 0 Å². The van der Waals surface area contributed by atoms with E-state index in [2.05, 4.69) is 20.0 Å². The zero-order valence-corrected chi connectivity index (χ0v) is 18.7. The van der Waals surface area contributed by atoms with Crippen LogP contribution in [0.15, 0.2) is 35.5 Å². The Kier molecular flexibility index (Phi) is 5.98. The molecule has 1 saturated carbocycles. The van der Waals surface area contributed by atoms with Gasteiger partial charge in [-0.25, -0.2) is 13.8 Å². The Morgan fingerprint density at radius 3 is 2.59 bits per heavy atom. The molecule has 5 N–H and O–H groups in total. The smallest absolute Gasteiger partial charge is 0.387 e. The van der Waals surface area contributed by atoms with E-state index in [0.717, 1.165) is 18.3 Å². The SMILES string of the molecule is Cc1cc(OC(F)F)cnc1C(=O)Nc1ccc(F)c(C2(CF)CS(O)(O)C3(CC3)C(N)=N2)c1. The summed E-state index contributed by atoms with van der Waals surface area (Å²) in [6.07, 6.45) is 1.76. The fourth-order valence-electron chi connectivity index (χ4n) is 4.08. The van der Waals surface area contributed by atoms with Crippen molar-refractivity contribution < 1.29 is 36.2 Å². The van der Waals surface area contributed by atoms with E-state index in [1.165, 1.54) is 19.1 Å². The first-order valence-electron chi connectivity index (χ1n) is 10.1. The first kappa shape index (κ1) is 24.2. The van der Waals surface area contributed by atoms with Crippen molar-refractivity contribution in [2.45, 2.75) is 36.7 Å². The number of halogens is 4. The molecule has 0 bridgehead atoms. The minimum Gasteiger partial charge on any atom is -0.433 e. The lowest BCUT2D eigenvalue weighted by atomic mass is 9.92. The maximum Gasteiger partial charge on any atom is 0.387 e. The van der Waals surface area contributed by atoms with Crippen molar-refractivity contribution in [3.05, 3.63) is 53.1 Å². The number of pyridine rings is 1. The summed E-state index contributed by atoms with van der Waals surface area (Å²) in [5.41, 5.74) is 3.90. The number of nitrogens with one attached hydrogen (secondary N) is 1. The minimum atomic E-state index is -3.41. The zero-order valence-electron chi connectivity index (χ0n) is 17.9. The van der Waals surface area contributed by atoms with Gasteiger partial charge in [-0.2, -0.15) is 19.4 Å². The Hall–Kier alpha value is -2.90. The summed E-state index contributed by atoms with van der Waals surface area (Å²) in [5, 5.41) is 2.49. The van der Waals surface area contributed by atoms with Crippen molar-refractivity contribution >= 4 is 28.0 Å². The number of anilines is 1. The third kappa shape index (κ3) is 4.07. The topological polar surface area (TPSA) is 130 Å². The van der Waals surface area contributed by atoms with E-state index in [0.29, 0.717) is 12.8 Å². The second-order valence-electron chi connectivity index (χ2n) is 8.33. The van der Waals surface area contributed by atoms with Gasteiger partial charge < -0.3 is 15.8 Å². The van der Waals surface area contributed by atoms with Crippen molar-refractivity contribution in [1.82, 2.24) is 4.98 Å². The van der Waals surface area contributed by atoms with Crippen LogP contribution in [0.5, 0.6) is 5.75 Å². The largest absolute Gasteiger partial charge is 0.433 e. The molecule has 1 atom stereocenters. The number of aromatic nitrogens is 1. The Bertz CT molecular complexity index is 1180. The van der Waals surface area contributed by atoms with Gasteiger partial charge in [0.2, 0.25) is 0 Å². The molecular weight excluding hydrogens is 480 g/mol. The summed E-state index contributed by atoms with van der Waals surface area (Å²) in [6.45, 7) is -2.83. The number of aryl methyl sites for hydroxylation is 1. The van der Waals surface area contributed by atoms with Crippen LogP contribution in [-0.4, -0.2) is 49.6 Å². The third-order valence-electron chi connectivity index (χ3n) is 6.01. The number of carbonyl (C=O) groups is 1. The van der Waals surface area contributed by atoms with Gasteiger partial charge in [0, 0.05) is 11.3 Å². The molecular formula is C21H22F4N4O4S. The van der Waals surface area contributed by atoms with Crippen LogP contribution < -0.4 is 15.8 Å². The molecule has 2 heterocycles. The number of nitrogens with zero attached hydrogens (tertiary/aromatic N) is 2. The van der Waals surface area contributed by atoms with Gasteiger partial charge in [0.25, 0.3) is 5.91 Å². The molecule has 0 radical (unpaired) electrons. The van der Waals surface area contributed by atoms with Gasteiger partial charge in [-0.3, -0.25) is 18.9 Å². The number of carbonyl (C=O) groups excluding carboxylic acids is 1. The van der Waals surface area contributed by atoms with E-state index in [1.807, 2.05) is 0 Å². The van der Waals surface area contributed by atoms with E-state index in [-0.39, 0.29) is 34.1 Å². The van der Waals surface area contributed by atoms with Crippen LogP contribution in [0.2, 0.25) is 0 Å². The summed E-state index contributed by atoms with van der Waals surface area (Å²) in [5.74, 6) is -2.50. The highest BCUT2D eigenvalue weighted by molar-refractivity contribution is 8.26. The van der Waals surface area contributed by atoms with Gasteiger partial charge in [-0.05, 0) is 49.6 Å². The maximum absolute atomic E-state index is 14.8. The Balaban J connectivity index is 1.64. The fourth-order valence-corrected chi connectivity index (χ4v) is 6.46. The average molecular weight is 502 g/mol. The highest BCUT2D eigenvalue weighted by atomic mass is 32.3. The van der Waals surface area contributed by atoms with Crippen molar-refractivity contribution in [3.63, 3.8) is 0 Å². The van der Waals surface area contributed by atoms with E-state index in [4.69, 9.17) is 5.73 Å². The summed E-state index contributed by atoms with van der Waals surface area (Å²) in [6, 6.07) is 4.57. The molecule has 1 aliphatic heterocycles. The highest BCUT2D eigenvalue weighted by Crippen LogP contribution is 2.70. The standard InChI is InChI=1S/C21H22F4N4O4S/c1-11-6-13(33-19(24)25)8-27-16(11)17(30)28-12-2-3-15(23)14(7-12)20(9-22)10-34(31,32)21(4-5-21)18(26)29-20/h2-3,6-8,19,31-32H,4-5,9-10H2,1H3,(H2,26,29)(H,28,30). The quantitative estimate of drug-likeness (QED) is 0.438. The second-order valence-corrected chi connectivity index (χ2v) is 10.7. The lowest BCUT2D eigenvalue weighted by Crippen LogP contribution is -2.50. The summed E-state index contributed by atoms with van der Waals surface area (Å²) in [4.78, 5) is 20.7. The molecule has 0 saturated heterocycles. The monoisotopic (exact) mass is 502 g/mol. The predicted octanol–water partition coefficient (Wildman–Crippen LogP) is 4.20. The van der Waals surface area contributed by atoms with Crippen molar-refractivity contribution in [2.75, 3.05) is 17.7 Å². The molecule has 2 aromatic rings. The number of ether oxygens (including phenoxy) is 1. The number of amides is 1. The Labute approximate surface area is 193 Å². The number of alkyl halides is 3. The molecule has 1 amide bonds. The summed E-state index contributed by atoms with van der Waals surface area (Å²) >= 11 is 0. The first-order chi connectivity index (χ1) is 15.9. The predicted molar refractivity (Wildman–Crippen MR) is 119 cm³/mol. The van der Waals surface area contributed by atoms with Crippen molar-refractivity contribution in [3.8, 4) is 5.75 Å². The minimum absolute atomic E-state index is 0.0558. The second kappa shape index (κ2) is 8.40. The lowest BCUT2D eigenvalue weighted by molar-refractivity contribution is -0.0501. The van der Waals surface area contributed by atoms with Gasteiger partial charge in [0.05, 0.1) is 11.9 Å². The molecule has 34 heavy (non-hydrogen) atoms. The third-order valence-corrected chi connectivity index (χ3v) is 8.76. The van der Waals surface area contributed by atoms with Crippen LogP contribution in [0.25, 0.3) is 0 Å². The molecule has 1 aromatic heterocycles. The molecule has 1 fully saturated rings. The van der Waals surface area contributed by atoms with E-state index >= 15 is 0 Å². The van der Waals surface area contributed by atoms with Crippen molar-refractivity contribution in [1.29, 1.82) is 0 Å². The van der Waals surface area contributed by atoms with E-state index in [1.54, 1.807) is 0 Å². The van der Waals surface area contributed by atoms with Gasteiger partial charge in [-0.15, -0.1) is 0 Å². The van der Waals surface area contributed by atoms with Gasteiger partial charge in [0.15, 0.2) is 0 Å². The number of rotatable bonds is 6. The lowest BCUT2D eigenvalue weighted by Gasteiger charge is -2.49. The Morgan fingerprint density at radius 2 is 2.03 bits per heavy atom. The van der Waals surface area contributed by atoms with Gasteiger partial charge in [0.1, 0.15) is 40.1 Å². The van der Waals surface area contributed by atoms with Crippen LogP contribution >= 0.6 is 10.6 Å². The number of aliphatic imine (C=N–C) groups is 1. The molecule has 1 unspecified atom stereocenters. The van der Waals surface area contributed by atoms with Crippen molar-refractivity contribution in [2.24, 2.45) is 10.7 Å². The van der Waals surface area contributed by atoms with Crippen LogP contribution in [0.4, 0.5) is 23.2 Å². The number of hydrogen-bond donors (Lipinski definition) is 4. The molecule has 2 aliphatic rings. The summed E-state index contributed by atoms with van der Waals surface area (Å²) < 4.78 is 78.4. The number of hydrogen-bond acceptors (Lipinski definition) is 7. The highest BCUT2D eigenvalue weighted by Gasteiger charge is 2.63. The zero-order chi connectivity index (χ0) is 24.9. The number of nitrogens with two attached hydrogens (primary N) is 1. The Morgan fingerprint density at radius 1 is 1.32 bits per heavy atom. The van der Waals surface area contributed by atoms with E-state index < -0.39 is 51.6 Å². The molecule has 1 aromatic carbocycles. The van der Waals surface area contributed by atoms with E-state index in [9.17, 15) is 31.5 Å². The maximum atomic E-state index is 14.8. The first-order valence-corrected chi connectivity index (χ1v) is 11.8. The summed E-state index contributed by atoms with van der Waals surface area (Å²) in [7, 11) is -3.41. The molecule has 13 heteroatoms. The molecule has 1 aliphatic carbocycles. The molecule has 4 rings (SSSR count). The van der Waals surface area contributed by atoms with Crippen LogP contribution in [0, 0.1) is 12.7 Å². The van der Waals surface area contributed by atoms with Crippen LogP contribution in [0.1, 0.15) is 34.5 Å². The normalized spacial score (nSPS) is 23.4. The van der Waals surface area contributed by atoms with Gasteiger partial charge >= 0.3 is 6.61 Å². The number of benzene rings is 1. The molecule has 8 nitrogen and oxygen atoms in total. The average Bonchev–Trinajstić information content (AvgIpc) is 3.56. The molecule has 184 valence electrons. The number of amidine groups is 1. The van der Waals surface area contributed by atoms with Crippen LogP contribution in [0.3, 0.4) is 0 Å². The fraction of sp³-hybridized carbons (Fsp3) is 0.381. The molecule has 1 spiro atoms. The van der Waals surface area contributed by atoms with Crippen LogP contribution in [-0.2, 0) is 5.54 Å².